The summed E-state index contributed by atoms with van der Waals surface area (Å²) < 4.78 is 24.3. The molecule has 3 atom stereocenters. The molecule has 0 spiro atoms. The molecule has 1 saturated heterocycles. The molecule has 206 valence electrons. The van der Waals surface area contributed by atoms with Crippen LogP contribution in [-0.2, 0) is 20.9 Å². The summed E-state index contributed by atoms with van der Waals surface area (Å²) in [6.45, 7) is 2.57. The van der Waals surface area contributed by atoms with Crippen molar-refractivity contribution in [2.45, 2.75) is 45.2 Å². The Morgan fingerprint density at radius 1 is 1.08 bits per heavy atom. The maximum Gasteiger partial charge on any atom is 0.303 e. The van der Waals surface area contributed by atoms with Gasteiger partial charge in [0.25, 0.3) is 0 Å². The van der Waals surface area contributed by atoms with Crippen LogP contribution in [0.3, 0.4) is 0 Å². The van der Waals surface area contributed by atoms with Crippen LogP contribution in [0.5, 0.6) is 17.2 Å². The molecule has 1 heterocycles. The molecule has 0 aromatic heterocycles. The Bertz CT molecular complexity index is 1310. The molecule has 3 aromatic carbocycles. The van der Waals surface area contributed by atoms with E-state index in [-0.39, 0.29) is 24.7 Å². The number of ether oxygens (including phenoxy) is 4. The summed E-state index contributed by atoms with van der Waals surface area (Å²) in [6.07, 6.45) is 3.82. The summed E-state index contributed by atoms with van der Waals surface area (Å²) in [5.74, 6) is 0.620. The van der Waals surface area contributed by atoms with Crippen LogP contribution in [-0.4, -0.2) is 29.9 Å². The fourth-order valence-corrected chi connectivity index (χ4v) is 4.64. The van der Waals surface area contributed by atoms with Crippen molar-refractivity contribution in [2.75, 3.05) is 13.7 Å². The van der Waals surface area contributed by atoms with Gasteiger partial charge >= 0.3 is 5.97 Å². The normalized spacial score (nSPS) is 19.2. The first kappa shape index (κ1) is 28.5. The predicted molar refractivity (Wildman–Crippen MR) is 148 cm³/mol. The molecule has 4 rings (SSSR count). The number of para-hydroxylation sites is 1. The Morgan fingerprint density at radius 2 is 1.87 bits per heavy atom. The van der Waals surface area contributed by atoms with Gasteiger partial charge in [0.15, 0.2) is 6.29 Å². The van der Waals surface area contributed by atoms with Crippen LogP contribution in [0, 0.1) is 12.8 Å². The first-order valence-corrected chi connectivity index (χ1v) is 13.2. The number of benzene rings is 3. The highest BCUT2D eigenvalue weighted by Gasteiger charge is 2.35. The van der Waals surface area contributed by atoms with Crippen molar-refractivity contribution in [1.82, 2.24) is 0 Å². The van der Waals surface area contributed by atoms with Crippen molar-refractivity contribution in [3.05, 3.63) is 100 Å². The lowest BCUT2D eigenvalue weighted by molar-refractivity contribution is -0.244. The highest BCUT2D eigenvalue weighted by molar-refractivity contribution is 6.31. The second-order valence-electron chi connectivity index (χ2n) is 9.44. The fourth-order valence-electron chi connectivity index (χ4n) is 4.52. The van der Waals surface area contributed by atoms with Gasteiger partial charge in [-0.15, -0.1) is 0 Å². The molecular formula is C31H33ClO7. The molecule has 0 amide bonds. The minimum absolute atomic E-state index is 0.0781. The maximum absolute atomic E-state index is 10.8. The number of methoxy groups -OCH3 is 1. The smallest absolute Gasteiger partial charge is 0.303 e. The summed E-state index contributed by atoms with van der Waals surface area (Å²) in [4.78, 5) is 10.8. The van der Waals surface area contributed by atoms with E-state index in [0.29, 0.717) is 41.5 Å². The summed E-state index contributed by atoms with van der Waals surface area (Å²) in [7, 11) is 1.61. The Kier molecular flexibility index (Phi) is 9.87. The van der Waals surface area contributed by atoms with E-state index in [4.69, 9.17) is 35.7 Å². The molecule has 3 aromatic rings. The van der Waals surface area contributed by atoms with Crippen LogP contribution in [0.4, 0.5) is 0 Å². The molecule has 0 aliphatic carbocycles. The quantitative estimate of drug-likeness (QED) is 0.244. The fraction of sp³-hybridized carbons (Fsp3) is 0.323. The number of hydrogen-bond donors (Lipinski definition) is 2. The number of aryl methyl sites for hydroxylation is 1. The maximum atomic E-state index is 10.8. The summed E-state index contributed by atoms with van der Waals surface area (Å²) in [5, 5.41) is 20.2. The van der Waals surface area contributed by atoms with Gasteiger partial charge in [-0.25, -0.2) is 0 Å². The third kappa shape index (κ3) is 7.53. The SMILES string of the molecule is COc1ccc(C2OCC(CC=CCCC(=O)O)C(c3ccccc3O)O2)c(COc2ccc(Cl)c(C)c2)c1. The molecule has 2 N–H and O–H groups in total. The second-order valence-corrected chi connectivity index (χ2v) is 9.85. The number of phenolic OH excluding ortho intramolecular Hbond substituents is 1. The third-order valence-corrected chi connectivity index (χ3v) is 7.09. The van der Waals surface area contributed by atoms with Gasteiger partial charge in [-0.2, -0.15) is 0 Å². The number of carboxylic acid groups (broad SMARTS) is 1. The van der Waals surface area contributed by atoms with Crippen LogP contribution in [0.15, 0.2) is 72.8 Å². The molecule has 1 aliphatic heterocycles. The second kappa shape index (κ2) is 13.5. The largest absolute Gasteiger partial charge is 0.508 e. The zero-order valence-electron chi connectivity index (χ0n) is 22.0. The van der Waals surface area contributed by atoms with Crippen molar-refractivity contribution >= 4 is 17.6 Å². The summed E-state index contributed by atoms with van der Waals surface area (Å²) >= 11 is 6.16. The van der Waals surface area contributed by atoms with Crippen LogP contribution in [0.2, 0.25) is 5.02 Å². The van der Waals surface area contributed by atoms with E-state index in [9.17, 15) is 9.90 Å². The van der Waals surface area contributed by atoms with Crippen molar-refractivity contribution in [1.29, 1.82) is 0 Å². The van der Waals surface area contributed by atoms with E-state index in [1.54, 1.807) is 25.3 Å². The van der Waals surface area contributed by atoms with Crippen LogP contribution in [0.25, 0.3) is 0 Å². The number of rotatable bonds is 11. The highest BCUT2D eigenvalue weighted by atomic mass is 35.5. The van der Waals surface area contributed by atoms with Crippen LogP contribution >= 0.6 is 11.6 Å². The summed E-state index contributed by atoms with van der Waals surface area (Å²) in [6, 6.07) is 18.3. The number of phenols is 1. The van der Waals surface area contributed by atoms with E-state index in [1.165, 1.54) is 0 Å². The van der Waals surface area contributed by atoms with E-state index in [1.807, 2.05) is 61.5 Å². The molecular weight excluding hydrogens is 520 g/mol. The van der Waals surface area contributed by atoms with Gasteiger partial charge in [-0.3, -0.25) is 4.79 Å². The molecule has 3 unspecified atom stereocenters. The topological polar surface area (TPSA) is 94.5 Å². The number of aliphatic carboxylic acids is 1. The van der Waals surface area contributed by atoms with Gasteiger partial charge in [0, 0.05) is 34.1 Å². The Hall–Kier alpha value is -3.52. The number of hydrogen-bond acceptors (Lipinski definition) is 6. The monoisotopic (exact) mass is 552 g/mol. The van der Waals surface area contributed by atoms with E-state index >= 15 is 0 Å². The number of allylic oxidation sites excluding steroid dienone is 2. The molecule has 8 heteroatoms. The Morgan fingerprint density at radius 3 is 2.62 bits per heavy atom. The molecule has 1 aliphatic rings. The number of carboxylic acids is 1. The number of halogens is 1. The lowest BCUT2D eigenvalue weighted by Crippen LogP contribution is -2.31. The average Bonchev–Trinajstić information content (AvgIpc) is 2.93. The molecule has 0 bridgehead atoms. The Balaban J connectivity index is 1.56. The molecule has 7 nitrogen and oxygen atoms in total. The Labute approximate surface area is 233 Å². The lowest BCUT2D eigenvalue weighted by Gasteiger charge is -2.37. The average molecular weight is 553 g/mol. The molecule has 0 saturated carbocycles. The van der Waals surface area contributed by atoms with Gasteiger partial charge in [-0.1, -0.05) is 42.0 Å². The minimum Gasteiger partial charge on any atom is -0.508 e. The number of carbonyl (C=O) groups is 1. The van der Waals surface area contributed by atoms with Crippen LogP contribution < -0.4 is 9.47 Å². The van der Waals surface area contributed by atoms with Crippen LogP contribution in [0.1, 0.15) is 53.9 Å². The van der Waals surface area contributed by atoms with Gasteiger partial charge in [0.2, 0.25) is 0 Å². The van der Waals surface area contributed by atoms with Gasteiger partial charge < -0.3 is 29.2 Å². The van der Waals surface area contributed by atoms with Crippen molar-refractivity contribution < 1.29 is 34.0 Å². The standard InChI is InChI=1S/C31H33ClO7/c1-20-16-24(13-15-27(20)32)37-19-22-17-23(36-2)12-14-25(22)31-38-18-21(8-4-3-5-11-29(34)35)30(39-31)26-9-6-7-10-28(26)33/h3-4,6-7,9-10,12-17,21,30-31,33H,5,8,11,18-19H2,1-2H3,(H,34,35). The first-order chi connectivity index (χ1) is 18.9. The van der Waals surface area contributed by atoms with E-state index < -0.39 is 18.4 Å². The van der Waals surface area contributed by atoms with E-state index in [2.05, 4.69) is 0 Å². The zero-order valence-corrected chi connectivity index (χ0v) is 22.8. The first-order valence-electron chi connectivity index (χ1n) is 12.8. The lowest BCUT2D eigenvalue weighted by atomic mass is 9.91. The van der Waals surface area contributed by atoms with Crippen molar-refractivity contribution in [2.24, 2.45) is 5.92 Å². The van der Waals surface area contributed by atoms with Crippen molar-refractivity contribution in [3.8, 4) is 17.2 Å². The van der Waals surface area contributed by atoms with E-state index in [0.717, 1.165) is 16.7 Å². The van der Waals surface area contributed by atoms with Gasteiger partial charge in [0.1, 0.15) is 23.9 Å². The number of aromatic hydroxyl groups is 1. The third-order valence-electron chi connectivity index (χ3n) is 6.66. The highest BCUT2D eigenvalue weighted by Crippen LogP contribution is 2.43. The van der Waals surface area contributed by atoms with Gasteiger partial charge in [-0.05, 0) is 67.8 Å². The van der Waals surface area contributed by atoms with Crippen molar-refractivity contribution in [3.63, 3.8) is 0 Å². The van der Waals surface area contributed by atoms with Gasteiger partial charge in [0.05, 0.1) is 19.8 Å². The zero-order chi connectivity index (χ0) is 27.8. The molecule has 1 fully saturated rings. The summed E-state index contributed by atoms with van der Waals surface area (Å²) in [5.41, 5.74) is 3.25. The molecule has 39 heavy (non-hydrogen) atoms. The predicted octanol–water partition coefficient (Wildman–Crippen LogP) is 7.16. The molecule has 0 radical (unpaired) electrons. The minimum atomic E-state index is -0.829.